The van der Waals surface area contributed by atoms with Crippen LogP contribution in [0.2, 0.25) is 0 Å². The van der Waals surface area contributed by atoms with Crippen LogP contribution in [0.3, 0.4) is 0 Å². The minimum atomic E-state index is -0.334. The number of nitrogens with zero attached hydrogens (tertiary/aromatic N) is 3. The van der Waals surface area contributed by atoms with Crippen molar-refractivity contribution < 1.29 is 23.7 Å². The molecule has 28 heavy (non-hydrogen) atoms. The normalized spacial score (nSPS) is 10.5. The number of benzene rings is 2. The van der Waals surface area contributed by atoms with Gasteiger partial charge in [0, 0.05) is 11.1 Å². The Hall–Kier alpha value is -3.55. The summed E-state index contributed by atoms with van der Waals surface area (Å²) in [5.74, 6) is 1.28. The molecule has 0 aliphatic carbocycles. The molecule has 146 valence electrons. The van der Waals surface area contributed by atoms with E-state index in [-0.39, 0.29) is 11.9 Å². The van der Waals surface area contributed by atoms with Gasteiger partial charge in [-0.3, -0.25) is 4.79 Å². The minimum Gasteiger partial charge on any atom is -0.493 e. The lowest BCUT2D eigenvalue weighted by Crippen LogP contribution is -2.15. The van der Waals surface area contributed by atoms with E-state index in [1.165, 1.54) is 33.1 Å². The van der Waals surface area contributed by atoms with Gasteiger partial charge in [-0.2, -0.15) is 9.67 Å². The summed E-state index contributed by atoms with van der Waals surface area (Å²) < 4.78 is 22.5. The Morgan fingerprint density at radius 2 is 1.50 bits per heavy atom. The first-order valence-electron chi connectivity index (χ1n) is 8.45. The molecule has 0 saturated carbocycles. The molecule has 0 amide bonds. The first-order chi connectivity index (χ1) is 13.5. The third-order valence-electron chi connectivity index (χ3n) is 4.18. The van der Waals surface area contributed by atoms with E-state index in [1.54, 1.807) is 24.3 Å². The molecule has 0 saturated heterocycles. The summed E-state index contributed by atoms with van der Waals surface area (Å²) in [7, 11) is 6.00. The van der Waals surface area contributed by atoms with Gasteiger partial charge in [-0.15, -0.1) is 5.10 Å². The first-order valence-corrected chi connectivity index (χ1v) is 8.45. The summed E-state index contributed by atoms with van der Waals surface area (Å²) in [6.45, 7) is 1.95. The van der Waals surface area contributed by atoms with Crippen molar-refractivity contribution in [2.24, 2.45) is 0 Å². The van der Waals surface area contributed by atoms with Crippen molar-refractivity contribution in [2.75, 3.05) is 28.4 Å². The predicted molar refractivity (Wildman–Crippen MR) is 103 cm³/mol. The van der Waals surface area contributed by atoms with Crippen LogP contribution in [-0.4, -0.2) is 49.1 Å². The molecule has 0 unspecified atom stereocenters. The van der Waals surface area contributed by atoms with Crippen LogP contribution in [0.5, 0.6) is 23.3 Å². The zero-order valence-electron chi connectivity index (χ0n) is 16.3. The number of hydrogen-bond donors (Lipinski definition) is 0. The Morgan fingerprint density at radius 3 is 2.00 bits per heavy atom. The van der Waals surface area contributed by atoms with Gasteiger partial charge in [0.2, 0.25) is 5.75 Å². The third-order valence-corrected chi connectivity index (χ3v) is 4.18. The van der Waals surface area contributed by atoms with Gasteiger partial charge in [-0.05, 0) is 31.2 Å². The topological polar surface area (TPSA) is 84.7 Å². The molecule has 0 N–H and O–H groups in total. The molecule has 8 heteroatoms. The van der Waals surface area contributed by atoms with Crippen LogP contribution in [0, 0.1) is 6.92 Å². The average Bonchev–Trinajstić information content (AvgIpc) is 3.17. The highest BCUT2D eigenvalue weighted by molar-refractivity contribution is 5.97. The standard InChI is InChI=1S/C20H21N3O5/c1-12-6-8-13(9-7-12)19(24)23-18(21-20(22-23)28-5)14-10-15(25-2)17(27-4)16(11-14)26-3/h6-11H,1-5H3. The van der Waals surface area contributed by atoms with Gasteiger partial charge in [-0.25, -0.2) is 0 Å². The molecule has 1 aromatic heterocycles. The van der Waals surface area contributed by atoms with Crippen LogP contribution in [0.1, 0.15) is 15.9 Å². The van der Waals surface area contributed by atoms with Crippen molar-refractivity contribution in [3.8, 4) is 34.6 Å². The Labute approximate surface area is 162 Å². The molecule has 2 aromatic carbocycles. The lowest BCUT2D eigenvalue weighted by Gasteiger charge is -2.14. The summed E-state index contributed by atoms with van der Waals surface area (Å²) in [5.41, 5.74) is 2.09. The molecule has 0 radical (unpaired) electrons. The number of aromatic nitrogens is 3. The van der Waals surface area contributed by atoms with E-state index in [0.717, 1.165) is 5.56 Å². The molecule has 1 heterocycles. The Balaban J connectivity index is 2.16. The van der Waals surface area contributed by atoms with Gasteiger partial charge in [-0.1, -0.05) is 17.7 Å². The van der Waals surface area contributed by atoms with E-state index in [2.05, 4.69) is 10.1 Å². The van der Waals surface area contributed by atoms with E-state index < -0.39 is 0 Å². The van der Waals surface area contributed by atoms with Crippen LogP contribution in [-0.2, 0) is 0 Å². The van der Waals surface area contributed by atoms with Gasteiger partial charge in [0.15, 0.2) is 17.3 Å². The second-order valence-electron chi connectivity index (χ2n) is 5.92. The van der Waals surface area contributed by atoms with E-state index in [1.807, 2.05) is 19.1 Å². The van der Waals surface area contributed by atoms with Gasteiger partial charge >= 0.3 is 6.01 Å². The molecule has 0 bridgehead atoms. The highest BCUT2D eigenvalue weighted by Gasteiger charge is 2.23. The van der Waals surface area contributed by atoms with E-state index in [9.17, 15) is 4.79 Å². The summed E-state index contributed by atoms with van der Waals surface area (Å²) in [6.07, 6.45) is 0. The van der Waals surface area contributed by atoms with Crippen molar-refractivity contribution in [1.29, 1.82) is 0 Å². The van der Waals surface area contributed by atoms with Crippen LogP contribution in [0.15, 0.2) is 36.4 Å². The van der Waals surface area contributed by atoms with Crippen LogP contribution >= 0.6 is 0 Å². The molecule has 0 aliphatic heterocycles. The second-order valence-corrected chi connectivity index (χ2v) is 5.92. The van der Waals surface area contributed by atoms with Gasteiger partial charge in [0.05, 0.1) is 28.4 Å². The second kappa shape index (κ2) is 7.99. The minimum absolute atomic E-state index is 0.0733. The van der Waals surface area contributed by atoms with E-state index >= 15 is 0 Å². The molecular formula is C20H21N3O5. The number of hydrogen-bond acceptors (Lipinski definition) is 7. The van der Waals surface area contributed by atoms with Crippen LogP contribution < -0.4 is 18.9 Å². The van der Waals surface area contributed by atoms with E-state index in [4.69, 9.17) is 18.9 Å². The maximum Gasteiger partial charge on any atom is 0.336 e. The Kier molecular flexibility index (Phi) is 5.49. The van der Waals surface area contributed by atoms with Crippen LogP contribution in [0.4, 0.5) is 0 Å². The highest BCUT2D eigenvalue weighted by atomic mass is 16.5. The summed E-state index contributed by atoms with van der Waals surface area (Å²) >= 11 is 0. The number of aryl methyl sites for hydroxylation is 1. The smallest absolute Gasteiger partial charge is 0.336 e. The SMILES string of the molecule is COc1nc(-c2cc(OC)c(OC)c(OC)c2)n(C(=O)c2ccc(C)cc2)n1. The predicted octanol–water partition coefficient (Wildman–Crippen LogP) is 2.98. The molecule has 0 aliphatic rings. The highest BCUT2D eigenvalue weighted by Crippen LogP contribution is 2.41. The number of methoxy groups -OCH3 is 4. The van der Waals surface area contributed by atoms with Gasteiger partial charge in [0.25, 0.3) is 5.91 Å². The molecular weight excluding hydrogens is 362 g/mol. The Bertz CT molecular complexity index is 971. The summed E-state index contributed by atoms with van der Waals surface area (Å²) in [4.78, 5) is 17.4. The molecule has 0 atom stereocenters. The fourth-order valence-corrected chi connectivity index (χ4v) is 2.74. The number of ether oxygens (including phenoxy) is 4. The largest absolute Gasteiger partial charge is 0.493 e. The van der Waals surface area contributed by atoms with Gasteiger partial charge in [0.1, 0.15) is 0 Å². The lowest BCUT2D eigenvalue weighted by atomic mass is 10.1. The monoisotopic (exact) mass is 383 g/mol. The molecule has 0 spiro atoms. The van der Waals surface area contributed by atoms with E-state index in [0.29, 0.717) is 34.2 Å². The van der Waals surface area contributed by atoms with Crippen LogP contribution in [0.25, 0.3) is 11.4 Å². The number of carbonyl (C=O) groups is 1. The number of carbonyl (C=O) groups excluding carboxylic acids is 1. The summed E-state index contributed by atoms with van der Waals surface area (Å²) in [5, 5.41) is 4.18. The van der Waals surface area contributed by atoms with Gasteiger partial charge < -0.3 is 18.9 Å². The molecule has 3 rings (SSSR count). The molecule has 0 fully saturated rings. The fourth-order valence-electron chi connectivity index (χ4n) is 2.74. The van der Waals surface area contributed by atoms with Crippen molar-refractivity contribution in [3.05, 3.63) is 47.5 Å². The quantitative estimate of drug-likeness (QED) is 0.647. The van der Waals surface area contributed by atoms with Crippen molar-refractivity contribution >= 4 is 5.91 Å². The maximum atomic E-state index is 13.0. The maximum absolute atomic E-state index is 13.0. The zero-order valence-corrected chi connectivity index (χ0v) is 16.3. The summed E-state index contributed by atoms with van der Waals surface area (Å²) in [6, 6.07) is 10.7. The lowest BCUT2D eigenvalue weighted by molar-refractivity contribution is 0.0945. The molecule has 3 aromatic rings. The fraction of sp³-hybridized carbons (Fsp3) is 0.250. The average molecular weight is 383 g/mol. The van der Waals surface area contributed by atoms with Crippen molar-refractivity contribution in [3.63, 3.8) is 0 Å². The third kappa shape index (κ3) is 3.48. The zero-order chi connectivity index (χ0) is 20.3. The van der Waals surface area contributed by atoms with Crippen molar-refractivity contribution in [2.45, 2.75) is 6.92 Å². The Morgan fingerprint density at radius 1 is 0.893 bits per heavy atom. The first kappa shape index (κ1) is 19.2. The molecule has 8 nitrogen and oxygen atoms in total. The number of rotatable bonds is 6. The van der Waals surface area contributed by atoms with Crippen molar-refractivity contribution in [1.82, 2.24) is 14.8 Å².